The summed E-state index contributed by atoms with van der Waals surface area (Å²) in [5, 5.41) is 11.4. The minimum atomic E-state index is -1.61. The predicted molar refractivity (Wildman–Crippen MR) is 118 cm³/mol. The first-order chi connectivity index (χ1) is 15.4. The molecule has 5 rings (SSSR count). The van der Waals surface area contributed by atoms with Crippen LogP contribution in [0.3, 0.4) is 0 Å². The number of hydrogen-bond donors (Lipinski definition) is 0. The van der Waals surface area contributed by atoms with Gasteiger partial charge in [-0.05, 0) is 18.2 Å². The van der Waals surface area contributed by atoms with E-state index in [0.717, 1.165) is 31.9 Å². The van der Waals surface area contributed by atoms with Crippen LogP contribution in [0, 0.1) is 10.1 Å². The van der Waals surface area contributed by atoms with Gasteiger partial charge in [-0.2, -0.15) is 0 Å². The van der Waals surface area contributed by atoms with Gasteiger partial charge in [-0.1, -0.05) is 36.4 Å². The van der Waals surface area contributed by atoms with Gasteiger partial charge in [0.05, 0.1) is 12.4 Å². The Morgan fingerprint density at radius 2 is 1.59 bits per heavy atom. The Labute approximate surface area is 186 Å². The van der Waals surface area contributed by atoms with E-state index in [4.69, 9.17) is 9.47 Å². The number of benzene rings is 2. The Morgan fingerprint density at radius 1 is 0.969 bits per heavy atom. The average molecular weight is 438 g/mol. The second-order valence-electron chi connectivity index (χ2n) is 8.78. The van der Waals surface area contributed by atoms with E-state index in [2.05, 4.69) is 21.9 Å². The summed E-state index contributed by atoms with van der Waals surface area (Å²) in [6.07, 6.45) is 0. The number of nitro groups is 1. The SMILES string of the molecule is CC1([N+](=O)[O-])COC2(OC1)C(=O)N(CN1CCN(c3ccccc3)CC1)c1ccccc12. The van der Waals surface area contributed by atoms with Crippen molar-refractivity contribution in [2.24, 2.45) is 0 Å². The Hall–Kier alpha value is -3.01. The molecule has 0 atom stereocenters. The van der Waals surface area contributed by atoms with Gasteiger partial charge in [-0.25, -0.2) is 0 Å². The van der Waals surface area contributed by atoms with Gasteiger partial charge < -0.3 is 14.4 Å². The van der Waals surface area contributed by atoms with Gasteiger partial charge in [0.15, 0.2) is 0 Å². The molecule has 0 aliphatic carbocycles. The summed E-state index contributed by atoms with van der Waals surface area (Å²) in [5.41, 5.74) is 1.17. The molecule has 1 amide bonds. The molecule has 3 aliphatic heterocycles. The maximum atomic E-state index is 13.5. The summed E-state index contributed by atoms with van der Waals surface area (Å²) in [6.45, 7) is 4.87. The lowest BCUT2D eigenvalue weighted by molar-refractivity contribution is -0.590. The van der Waals surface area contributed by atoms with Crippen molar-refractivity contribution in [3.8, 4) is 0 Å². The van der Waals surface area contributed by atoms with Gasteiger partial charge in [-0.15, -0.1) is 0 Å². The minimum Gasteiger partial charge on any atom is -0.369 e. The van der Waals surface area contributed by atoms with Crippen molar-refractivity contribution in [2.45, 2.75) is 18.2 Å². The molecule has 0 aromatic heterocycles. The van der Waals surface area contributed by atoms with Crippen LogP contribution in [0.25, 0.3) is 0 Å². The molecule has 2 aromatic carbocycles. The number of hydrogen-bond acceptors (Lipinski definition) is 7. The van der Waals surface area contributed by atoms with E-state index in [1.807, 2.05) is 36.4 Å². The highest BCUT2D eigenvalue weighted by Crippen LogP contribution is 2.46. The standard InChI is InChI=1S/C23H26N4O5/c1-22(27(29)30)15-31-23(32-16-22)19-9-5-6-10-20(19)26(21(23)28)17-24-11-13-25(14-12-24)18-7-3-2-4-8-18/h2-10H,11-17H2,1H3. The number of anilines is 2. The van der Waals surface area contributed by atoms with Crippen molar-refractivity contribution in [1.29, 1.82) is 0 Å². The van der Waals surface area contributed by atoms with E-state index >= 15 is 0 Å². The van der Waals surface area contributed by atoms with E-state index in [0.29, 0.717) is 12.2 Å². The molecule has 2 saturated heterocycles. The first kappa shape index (κ1) is 20.9. The lowest BCUT2D eigenvalue weighted by atomic mass is 10.0. The van der Waals surface area contributed by atoms with Gasteiger partial charge in [0, 0.05) is 49.3 Å². The smallest absolute Gasteiger partial charge is 0.293 e. The monoisotopic (exact) mass is 438 g/mol. The van der Waals surface area contributed by atoms with Crippen LogP contribution in [0.4, 0.5) is 11.4 Å². The fourth-order valence-corrected chi connectivity index (χ4v) is 4.50. The van der Waals surface area contributed by atoms with Crippen LogP contribution >= 0.6 is 0 Å². The van der Waals surface area contributed by atoms with Crippen molar-refractivity contribution < 1.29 is 19.2 Å². The molecule has 0 bridgehead atoms. The maximum Gasteiger partial charge on any atom is 0.293 e. The van der Waals surface area contributed by atoms with Crippen LogP contribution in [-0.2, 0) is 20.1 Å². The van der Waals surface area contributed by atoms with E-state index in [1.54, 1.807) is 11.0 Å². The molecule has 168 valence electrons. The van der Waals surface area contributed by atoms with Gasteiger partial charge in [0.2, 0.25) is 0 Å². The van der Waals surface area contributed by atoms with Crippen LogP contribution in [0.15, 0.2) is 54.6 Å². The molecule has 2 aromatic rings. The lowest BCUT2D eigenvalue weighted by Gasteiger charge is -2.39. The van der Waals surface area contributed by atoms with Gasteiger partial charge in [0.1, 0.15) is 13.2 Å². The third-order valence-corrected chi connectivity index (χ3v) is 6.52. The lowest BCUT2D eigenvalue weighted by Crippen LogP contribution is -2.58. The number of carbonyl (C=O) groups excluding carboxylic acids is 1. The number of rotatable bonds is 4. The van der Waals surface area contributed by atoms with E-state index < -0.39 is 16.2 Å². The molecule has 0 N–H and O–H groups in total. The molecule has 32 heavy (non-hydrogen) atoms. The zero-order chi connectivity index (χ0) is 22.3. The number of fused-ring (bicyclic) bond motifs is 2. The Bertz CT molecular complexity index is 1010. The normalized spacial score (nSPS) is 28.2. The molecule has 3 aliphatic rings. The number of amides is 1. The van der Waals surface area contributed by atoms with Crippen LogP contribution < -0.4 is 9.80 Å². The van der Waals surface area contributed by atoms with Crippen LogP contribution in [0.1, 0.15) is 12.5 Å². The van der Waals surface area contributed by atoms with Crippen molar-refractivity contribution >= 4 is 17.3 Å². The average Bonchev–Trinajstić information content (AvgIpc) is 3.05. The molecule has 1 spiro atoms. The molecule has 3 heterocycles. The van der Waals surface area contributed by atoms with Gasteiger partial charge >= 0.3 is 0 Å². The maximum absolute atomic E-state index is 13.5. The van der Waals surface area contributed by atoms with Crippen LogP contribution in [0.2, 0.25) is 0 Å². The molecular weight excluding hydrogens is 412 g/mol. The summed E-state index contributed by atoms with van der Waals surface area (Å²) < 4.78 is 11.7. The Morgan fingerprint density at radius 3 is 2.25 bits per heavy atom. The summed E-state index contributed by atoms with van der Waals surface area (Å²) in [5.74, 6) is -1.94. The van der Waals surface area contributed by atoms with Gasteiger partial charge in [0.25, 0.3) is 17.2 Å². The number of ether oxygens (including phenoxy) is 2. The number of piperazine rings is 1. The molecule has 0 saturated carbocycles. The third kappa shape index (κ3) is 3.33. The summed E-state index contributed by atoms with van der Waals surface area (Å²) in [6, 6.07) is 17.7. The molecule has 0 unspecified atom stereocenters. The first-order valence-corrected chi connectivity index (χ1v) is 10.8. The first-order valence-electron chi connectivity index (χ1n) is 10.8. The van der Waals surface area contributed by atoms with Crippen molar-refractivity contribution in [3.63, 3.8) is 0 Å². The topological polar surface area (TPSA) is 88.4 Å². The van der Waals surface area contributed by atoms with E-state index in [9.17, 15) is 14.9 Å². The highest BCUT2D eigenvalue weighted by molar-refractivity contribution is 6.06. The third-order valence-electron chi connectivity index (χ3n) is 6.52. The van der Waals surface area contributed by atoms with E-state index in [1.165, 1.54) is 12.6 Å². The van der Waals surface area contributed by atoms with Crippen molar-refractivity contribution in [2.75, 3.05) is 55.9 Å². The zero-order valence-corrected chi connectivity index (χ0v) is 18.0. The Balaban J connectivity index is 1.32. The number of carbonyl (C=O) groups is 1. The fraction of sp³-hybridized carbons (Fsp3) is 0.435. The predicted octanol–water partition coefficient (Wildman–Crippen LogP) is 2.05. The summed E-state index contributed by atoms with van der Waals surface area (Å²) in [4.78, 5) is 30.8. The minimum absolute atomic E-state index is 0.191. The van der Waals surface area contributed by atoms with E-state index in [-0.39, 0.29) is 19.1 Å². The number of nitrogens with zero attached hydrogens (tertiary/aromatic N) is 4. The zero-order valence-electron chi connectivity index (χ0n) is 18.0. The summed E-state index contributed by atoms with van der Waals surface area (Å²) in [7, 11) is 0. The molecule has 9 nitrogen and oxygen atoms in total. The second kappa shape index (κ2) is 7.84. The molecule has 0 radical (unpaired) electrons. The largest absolute Gasteiger partial charge is 0.369 e. The molecule has 9 heteroatoms. The Kier molecular flexibility index (Phi) is 5.11. The second-order valence-corrected chi connectivity index (χ2v) is 8.78. The number of para-hydroxylation sites is 2. The van der Waals surface area contributed by atoms with Crippen LogP contribution in [-0.4, -0.2) is 67.3 Å². The van der Waals surface area contributed by atoms with Gasteiger partial charge in [-0.3, -0.25) is 24.7 Å². The highest BCUT2D eigenvalue weighted by Gasteiger charge is 2.60. The van der Waals surface area contributed by atoms with Crippen molar-refractivity contribution in [3.05, 3.63) is 70.3 Å². The quantitative estimate of drug-likeness (QED) is 0.533. The molecular formula is C23H26N4O5. The van der Waals surface area contributed by atoms with Crippen LogP contribution in [0.5, 0.6) is 0 Å². The molecule has 2 fully saturated rings. The highest BCUT2D eigenvalue weighted by atomic mass is 16.7. The summed E-state index contributed by atoms with van der Waals surface area (Å²) >= 11 is 0. The fourth-order valence-electron chi connectivity index (χ4n) is 4.50. The van der Waals surface area contributed by atoms with Crippen molar-refractivity contribution in [1.82, 2.24) is 4.90 Å².